The number of likely N-dealkylation sites (N-methyl/N-ethyl adjacent to an activating group) is 1. The Balaban J connectivity index is 1.38. The Morgan fingerprint density at radius 3 is 2.41 bits per heavy atom. The molecule has 2 heterocycles. The van der Waals surface area contributed by atoms with Gasteiger partial charge in [0.2, 0.25) is 5.91 Å². The number of hydrogen-bond donors (Lipinski definition) is 1. The quantitative estimate of drug-likeness (QED) is 0.441. The summed E-state index contributed by atoms with van der Waals surface area (Å²) in [5.41, 5.74) is 3.77. The second-order valence-electron chi connectivity index (χ2n) is 8.20. The van der Waals surface area contributed by atoms with E-state index in [1.807, 2.05) is 77.6 Å². The van der Waals surface area contributed by atoms with Crippen LogP contribution in [-0.2, 0) is 4.79 Å². The van der Waals surface area contributed by atoms with Crippen molar-refractivity contribution in [3.8, 4) is 16.9 Å². The number of carbonyl (C=O) groups excluding carboxylic acids is 1. The first-order valence-corrected chi connectivity index (χ1v) is 11.3. The van der Waals surface area contributed by atoms with E-state index in [9.17, 15) is 4.79 Å². The van der Waals surface area contributed by atoms with Gasteiger partial charge in [0.25, 0.3) is 0 Å². The van der Waals surface area contributed by atoms with Gasteiger partial charge in [-0.15, -0.1) is 0 Å². The van der Waals surface area contributed by atoms with Crippen molar-refractivity contribution in [3.63, 3.8) is 0 Å². The number of carbonyl (C=O) groups is 1. The molecule has 0 spiro atoms. The Labute approximate surface area is 190 Å². The third-order valence-corrected chi connectivity index (χ3v) is 5.77. The van der Waals surface area contributed by atoms with Crippen LogP contribution in [0.25, 0.3) is 23.0 Å². The van der Waals surface area contributed by atoms with Gasteiger partial charge in [-0.05, 0) is 38.2 Å². The Hall–Kier alpha value is -3.22. The van der Waals surface area contributed by atoms with Crippen LogP contribution in [0.4, 0.5) is 0 Å². The predicted octanol–water partition coefficient (Wildman–Crippen LogP) is 3.31. The molecular formula is C26H31N5O. The van der Waals surface area contributed by atoms with Gasteiger partial charge in [0.05, 0.1) is 11.4 Å². The van der Waals surface area contributed by atoms with Crippen molar-refractivity contribution in [3.05, 3.63) is 78.5 Å². The van der Waals surface area contributed by atoms with E-state index in [4.69, 9.17) is 5.10 Å². The lowest BCUT2D eigenvalue weighted by Gasteiger charge is -2.32. The molecule has 2 aromatic carbocycles. The number of benzene rings is 2. The predicted molar refractivity (Wildman–Crippen MR) is 130 cm³/mol. The van der Waals surface area contributed by atoms with Crippen LogP contribution < -0.4 is 5.32 Å². The first-order valence-electron chi connectivity index (χ1n) is 11.3. The number of piperazine rings is 1. The number of amides is 1. The largest absolute Gasteiger partial charge is 0.353 e. The first-order chi connectivity index (χ1) is 15.7. The molecule has 0 radical (unpaired) electrons. The summed E-state index contributed by atoms with van der Waals surface area (Å²) in [5, 5.41) is 7.79. The van der Waals surface area contributed by atoms with Gasteiger partial charge in [-0.3, -0.25) is 4.79 Å². The fraction of sp³-hybridized carbons (Fsp3) is 0.308. The van der Waals surface area contributed by atoms with E-state index < -0.39 is 0 Å². The highest BCUT2D eigenvalue weighted by Gasteiger charge is 2.13. The Morgan fingerprint density at radius 2 is 1.69 bits per heavy atom. The lowest BCUT2D eigenvalue weighted by molar-refractivity contribution is -0.116. The van der Waals surface area contributed by atoms with Gasteiger partial charge in [0.1, 0.15) is 0 Å². The lowest BCUT2D eigenvalue weighted by Crippen LogP contribution is -2.45. The molecule has 3 aromatic rings. The van der Waals surface area contributed by atoms with Crippen molar-refractivity contribution in [2.75, 3.05) is 46.3 Å². The fourth-order valence-electron chi connectivity index (χ4n) is 3.85. The molecule has 1 fully saturated rings. The average molecular weight is 430 g/mol. The number of aromatic nitrogens is 2. The molecule has 1 aliphatic heterocycles. The minimum Gasteiger partial charge on any atom is -0.353 e. The van der Waals surface area contributed by atoms with E-state index in [0.29, 0.717) is 6.54 Å². The number of nitrogens with one attached hydrogen (secondary N) is 1. The standard InChI is InChI=1S/C26H31N5O/c1-29-17-19-30(20-18-29)16-8-15-27-25(32)14-13-23-21-31(24-11-6-3-7-12-24)28-26(23)22-9-4-2-5-10-22/h2-7,9-14,21H,8,15-20H2,1H3,(H,27,32)/b14-13+. The molecule has 6 nitrogen and oxygen atoms in total. The van der Waals surface area contributed by atoms with E-state index >= 15 is 0 Å². The lowest BCUT2D eigenvalue weighted by atomic mass is 10.1. The number of rotatable bonds is 8. The summed E-state index contributed by atoms with van der Waals surface area (Å²) in [6.45, 7) is 6.17. The maximum absolute atomic E-state index is 12.4. The smallest absolute Gasteiger partial charge is 0.244 e. The molecule has 0 atom stereocenters. The van der Waals surface area contributed by atoms with Crippen LogP contribution in [0.1, 0.15) is 12.0 Å². The van der Waals surface area contributed by atoms with E-state index in [0.717, 1.165) is 61.7 Å². The van der Waals surface area contributed by atoms with Crippen LogP contribution in [0.15, 0.2) is 72.9 Å². The zero-order valence-electron chi connectivity index (χ0n) is 18.7. The SMILES string of the molecule is CN1CCN(CCCNC(=O)/C=C/c2cn(-c3ccccc3)nc2-c2ccccc2)CC1. The van der Waals surface area contributed by atoms with Gasteiger partial charge in [0, 0.05) is 56.1 Å². The fourth-order valence-corrected chi connectivity index (χ4v) is 3.85. The molecule has 1 amide bonds. The van der Waals surface area contributed by atoms with Crippen LogP contribution in [0.5, 0.6) is 0 Å². The normalized spacial score (nSPS) is 15.3. The molecule has 0 aliphatic carbocycles. The maximum Gasteiger partial charge on any atom is 0.244 e. The molecule has 0 bridgehead atoms. The summed E-state index contributed by atoms with van der Waals surface area (Å²) in [4.78, 5) is 17.2. The number of hydrogen-bond acceptors (Lipinski definition) is 4. The first kappa shape index (κ1) is 22.0. The zero-order valence-corrected chi connectivity index (χ0v) is 18.7. The van der Waals surface area contributed by atoms with Crippen molar-refractivity contribution in [2.45, 2.75) is 6.42 Å². The van der Waals surface area contributed by atoms with Gasteiger partial charge in [0.15, 0.2) is 0 Å². The molecule has 0 unspecified atom stereocenters. The minimum absolute atomic E-state index is 0.0742. The number of nitrogens with zero attached hydrogens (tertiary/aromatic N) is 4. The monoisotopic (exact) mass is 429 g/mol. The van der Waals surface area contributed by atoms with Crippen LogP contribution in [0, 0.1) is 0 Å². The van der Waals surface area contributed by atoms with Crippen LogP contribution in [0.2, 0.25) is 0 Å². The van der Waals surface area contributed by atoms with E-state index in [1.54, 1.807) is 6.08 Å². The van der Waals surface area contributed by atoms with Crippen molar-refractivity contribution < 1.29 is 4.79 Å². The molecule has 1 N–H and O–H groups in total. The second-order valence-corrected chi connectivity index (χ2v) is 8.20. The van der Waals surface area contributed by atoms with E-state index in [2.05, 4.69) is 22.2 Å². The molecule has 32 heavy (non-hydrogen) atoms. The van der Waals surface area contributed by atoms with Crippen LogP contribution in [0.3, 0.4) is 0 Å². The summed E-state index contributed by atoms with van der Waals surface area (Å²) in [7, 11) is 2.16. The third-order valence-electron chi connectivity index (χ3n) is 5.77. The molecular weight excluding hydrogens is 398 g/mol. The third kappa shape index (κ3) is 5.93. The highest BCUT2D eigenvalue weighted by Crippen LogP contribution is 2.24. The highest BCUT2D eigenvalue weighted by molar-refractivity contribution is 5.92. The molecule has 0 saturated carbocycles. The van der Waals surface area contributed by atoms with Gasteiger partial charge < -0.3 is 15.1 Å². The Kier molecular flexibility index (Phi) is 7.48. The average Bonchev–Trinajstić information content (AvgIpc) is 3.27. The summed E-state index contributed by atoms with van der Waals surface area (Å²) in [5.74, 6) is -0.0742. The van der Waals surface area contributed by atoms with Crippen molar-refractivity contribution in [1.82, 2.24) is 24.9 Å². The zero-order chi connectivity index (χ0) is 22.2. The summed E-state index contributed by atoms with van der Waals surface area (Å²) >= 11 is 0. The van der Waals surface area contributed by atoms with Crippen molar-refractivity contribution >= 4 is 12.0 Å². The summed E-state index contributed by atoms with van der Waals surface area (Å²) in [6, 6.07) is 20.1. The molecule has 6 heteroatoms. The van der Waals surface area contributed by atoms with Crippen LogP contribution in [-0.4, -0.2) is 71.8 Å². The summed E-state index contributed by atoms with van der Waals surface area (Å²) < 4.78 is 1.86. The van der Waals surface area contributed by atoms with Gasteiger partial charge in [-0.25, -0.2) is 4.68 Å². The van der Waals surface area contributed by atoms with Gasteiger partial charge >= 0.3 is 0 Å². The van der Waals surface area contributed by atoms with Gasteiger partial charge in [-0.2, -0.15) is 5.10 Å². The molecule has 1 saturated heterocycles. The minimum atomic E-state index is -0.0742. The van der Waals surface area contributed by atoms with Gasteiger partial charge in [-0.1, -0.05) is 48.5 Å². The maximum atomic E-state index is 12.4. The molecule has 1 aromatic heterocycles. The Bertz CT molecular complexity index is 1020. The molecule has 1 aliphatic rings. The number of para-hydroxylation sites is 1. The van der Waals surface area contributed by atoms with Crippen LogP contribution >= 0.6 is 0 Å². The topological polar surface area (TPSA) is 53.4 Å². The summed E-state index contributed by atoms with van der Waals surface area (Å²) in [6.07, 6.45) is 6.39. The van der Waals surface area contributed by atoms with E-state index in [-0.39, 0.29) is 5.91 Å². The second kappa shape index (κ2) is 10.9. The molecule has 166 valence electrons. The van der Waals surface area contributed by atoms with Crippen molar-refractivity contribution in [2.24, 2.45) is 0 Å². The van der Waals surface area contributed by atoms with E-state index in [1.165, 1.54) is 0 Å². The highest BCUT2D eigenvalue weighted by atomic mass is 16.1. The molecule has 4 rings (SSSR count). The Morgan fingerprint density at radius 1 is 1.00 bits per heavy atom. The van der Waals surface area contributed by atoms with Crippen molar-refractivity contribution in [1.29, 1.82) is 0 Å².